The van der Waals surface area contributed by atoms with E-state index in [9.17, 15) is 14.4 Å². The molecule has 0 radical (unpaired) electrons. The molecular weight excluding hydrogens is 391 g/mol. The zero-order valence-corrected chi connectivity index (χ0v) is 16.1. The highest BCUT2D eigenvalue weighted by Crippen LogP contribution is 2.49. The van der Waals surface area contributed by atoms with Crippen LogP contribution in [0.2, 0.25) is 0 Å². The van der Waals surface area contributed by atoms with E-state index >= 15 is 0 Å². The van der Waals surface area contributed by atoms with E-state index in [1.165, 1.54) is 0 Å². The predicted molar refractivity (Wildman–Crippen MR) is 92.3 cm³/mol. The number of carbonyl (C=O) groups excluding carboxylic acids is 3. The molecule has 136 valence electrons. The Hall–Kier alpha value is -1.04. The van der Waals surface area contributed by atoms with E-state index in [0.29, 0.717) is 5.57 Å². The number of hydrogen-bond acceptors (Lipinski definition) is 5. The molecule has 1 aliphatic heterocycles. The van der Waals surface area contributed by atoms with Crippen molar-refractivity contribution < 1.29 is 23.9 Å². The molecule has 5 nitrogen and oxygen atoms in total. The van der Waals surface area contributed by atoms with Crippen LogP contribution < -0.4 is 0 Å². The van der Waals surface area contributed by atoms with Gasteiger partial charge in [-0.05, 0) is 19.9 Å². The van der Waals surface area contributed by atoms with Crippen LogP contribution in [0.1, 0.15) is 27.2 Å². The van der Waals surface area contributed by atoms with Gasteiger partial charge in [0.05, 0.1) is 5.92 Å². The lowest BCUT2D eigenvalue weighted by Crippen LogP contribution is -2.39. The molecule has 25 heavy (non-hydrogen) atoms. The highest BCUT2D eigenvalue weighted by Gasteiger charge is 2.55. The van der Waals surface area contributed by atoms with Gasteiger partial charge in [0.15, 0.2) is 5.78 Å². The molecule has 0 saturated carbocycles. The fourth-order valence-corrected chi connectivity index (χ4v) is 4.25. The molecule has 0 unspecified atom stereocenters. The number of rotatable bonds is 1. The first-order valence-corrected chi connectivity index (χ1v) is 9.06. The van der Waals surface area contributed by atoms with Gasteiger partial charge in [-0.15, -0.1) is 0 Å². The maximum atomic E-state index is 12.4. The van der Waals surface area contributed by atoms with Gasteiger partial charge in [-0.1, -0.05) is 52.9 Å². The number of fused-ring (bicyclic) bond motifs is 3. The third kappa shape index (κ3) is 3.11. The summed E-state index contributed by atoms with van der Waals surface area (Å²) in [5, 5.41) is 0. The molecule has 0 aromatic rings. The quantitative estimate of drug-likeness (QED) is 0.493. The Bertz CT molecular complexity index is 718. The number of esters is 2. The van der Waals surface area contributed by atoms with Crippen LogP contribution in [-0.4, -0.2) is 33.7 Å². The van der Waals surface area contributed by atoms with Crippen molar-refractivity contribution >= 4 is 52.5 Å². The average molecular weight is 408 g/mol. The van der Waals surface area contributed by atoms with Crippen LogP contribution in [0.4, 0.5) is 0 Å². The zero-order chi connectivity index (χ0) is 18.7. The van der Waals surface area contributed by atoms with E-state index in [2.05, 4.69) is 0 Å². The second-order valence-electron chi connectivity index (χ2n) is 6.84. The van der Waals surface area contributed by atoms with Gasteiger partial charge in [0.2, 0.25) is 0 Å². The van der Waals surface area contributed by atoms with Crippen LogP contribution in [0.3, 0.4) is 0 Å². The summed E-state index contributed by atoms with van der Waals surface area (Å²) in [6, 6.07) is 0. The topological polar surface area (TPSA) is 69.7 Å². The zero-order valence-electron chi connectivity index (χ0n) is 13.8. The summed E-state index contributed by atoms with van der Waals surface area (Å²) >= 11 is 16.8. The highest BCUT2D eigenvalue weighted by atomic mass is 35.6. The van der Waals surface area contributed by atoms with Crippen molar-refractivity contribution in [2.75, 3.05) is 0 Å². The van der Waals surface area contributed by atoms with Crippen LogP contribution in [0.5, 0.6) is 0 Å². The van der Waals surface area contributed by atoms with Gasteiger partial charge in [-0.3, -0.25) is 9.59 Å². The van der Waals surface area contributed by atoms with E-state index in [-0.39, 0.29) is 24.1 Å². The molecule has 2 aliphatic carbocycles. The van der Waals surface area contributed by atoms with Crippen LogP contribution in [0.15, 0.2) is 22.8 Å². The summed E-state index contributed by atoms with van der Waals surface area (Å²) in [6.45, 7) is 5.38. The van der Waals surface area contributed by atoms with Gasteiger partial charge in [-0.25, -0.2) is 4.79 Å². The average Bonchev–Trinajstić information content (AvgIpc) is 2.89. The lowest BCUT2D eigenvalue weighted by molar-refractivity contribution is -0.152. The first kappa shape index (κ1) is 18.7. The van der Waals surface area contributed by atoms with E-state index in [1.54, 1.807) is 13.0 Å². The molecule has 5 atom stereocenters. The summed E-state index contributed by atoms with van der Waals surface area (Å²) in [7, 11) is 0. The number of alkyl halides is 3. The van der Waals surface area contributed by atoms with Crippen LogP contribution >= 0.6 is 34.8 Å². The van der Waals surface area contributed by atoms with Crippen molar-refractivity contribution in [3.05, 3.63) is 22.8 Å². The molecule has 1 fully saturated rings. The van der Waals surface area contributed by atoms with E-state index in [0.717, 1.165) is 11.1 Å². The standard InChI is InChI=1S/C17H17Cl3O5/c1-6-4-9(21)11-7(2)5-10(24-16(23)17(18,19)20)13-8(3)15(22)25-14(13)12(6)11/h4,8,10,12-14H,5H2,1-3H3/t8-,10-,12+,13+,14+/m1/s1. The Kier molecular flexibility index (Phi) is 4.71. The SMILES string of the molecule is CC1=CC(=O)C2=C(C)C[C@@H](OC(=O)C(Cl)(Cl)Cl)[C@H]3[C@@H](OC(=O)[C@@H]3C)[C@@H]12. The number of allylic oxidation sites excluding steroid dienone is 1. The monoisotopic (exact) mass is 406 g/mol. The lowest BCUT2D eigenvalue weighted by atomic mass is 9.79. The normalized spacial score (nSPS) is 35.0. The number of ether oxygens (including phenoxy) is 2. The number of hydrogen-bond donors (Lipinski definition) is 0. The van der Waals surface area contributed by atoms with Crippen molar-refractivity contribution in [3.63, 3.8) is 0 Å². The molecule has 0 aromatic carbocycles. The summed E-state index contributed by atoms with van der Waals surface area (Å²) in [4.78, 5) is 36.6. The maximum Gasteiger partial charge on any atom is 0.358 e. The summed E-state index contributed by atoms with van der Waals surface area (Å²) < 4.78 is 8.81. The summed E-state index contributed by atoms with van der Waals surface area (Å²) in [6.07, 6.45) is 0.567. The van der Waals surface area contributed by atoms with Crippen molar-refractivity contribution in [2.45, 2.75) is 43.2 Å². The summed E-state index contributed by atoms with van der Waals surface area (Å²) in [5.41, 5.74) is 2.24. The molecule has 8 heteroatoms. The van der Waals surface area contributed by atoms with Gasteiger partial charge in [0.25, 0.3) is 3.79 Å². The van der Waals surface area contributed by atoms with E-state index < -0.39 is 33.8 Å². The van der Waals surface area contributed by atoms with Gasteiger partial charge in [-0.2, -0.15) is 0 Å². The summed E-state index contributed by atoms with van der Waals surface area (Å²) in [5.74, 6) is -2.71. The van der Waals surface area contributed by atoms with Crippen molar-refractivity contribution in [1.29, 1.82) is 0 Å². The molecule has 0 amide bonds. The Labute approximate surface area is 160 Å². The minimum absolute atomic E-state index is 0.0947. The third-order valence-corrected chi connectivity index (χ3v) is 5.68. The largest absolute Gasteiger partial charge is 0.461 e. The Balaban J connectivity index is 2.03. The second-order valence-corrected chi connectivity index (χ2v) is 9.12. The maximum absolute atomic E-state index is 12.4. The van der Waals surface area contributed by atoms with Crippen LogP contribution in [0.25, 0.3) is 0 Å². The van der Waals surface area contributed by atoms with Gasteiger partial charge >= 0.3 is 11.9 Å². The molecule has 0 spiro atoms. The highest BCUT2D eigenvalue weighted by molar-refractivity contribution is 6.75. The van der Waals surface area contributed by atoms with Crippen molar-refractivity contribution in [2.24, 2.45) is 17.8 Å². The molecule has 0 aromatic heterocycles. The third-order valence-electron chi connectivity index (χ3n) is 5.22. The predicted octanol–water partition coefficient (Wildman–Crippen LogP) is 3.31. The van der Waals surface area contributed by atoms with E-state index in [1.807, 2.05) is 13.8 Å². The number of carbonyl (C=O) groups is 3. The molecular formula is C17H17Cl3O5. The fourth-order valence-electron chi connectivity index (χ4n) is 4.11. The van der Waals surface area contributed by atoms with Crippen LogP contribution in [-0.2, 0) is 23.9 Å². The smallest absolute Gasteiger partial charge is 0.358 e. The van der Waals surface area contributed by atoms with Crippen molar-refractivity contribution in [1.82, 2.24) is 0 Å². The molecule has 1 heterocycles. The number of halogens is 3. The van der Waals surface area contributed by atoms with Crippen molar-refractivity contribution in [3.8, 4) is 0 Å². The molecule has 3 aliphatic rings. The van der Waals surface area contributed by atoms with Crippen LogP contribution in [0, 0.1) is 17.8 Å². The van der Waals surface area contributed by atoms with E-state index in [4.69, 9.17) is 44.3 Å². The minimum atomic E-state index is -2.21. The second kappa shape index (κ2) is 6.29. The Morgan fingerprint density at radius 1 is 1.28 bits per heavy atom. The first-order valence-electron chi connectivity index (χ1n) is 7.92. The lowest BCUT2D eigenvalue weighted by Gasteiger charge is -2.30. The fraction of sp³-hybridized carbons (Fsp3) is 0.588. The van der Waals surface area contributed by atoms with Gasteiger partial charge < -0.3 is 9.47 Å². The van der Waals surface area contributed by atoms with Gasteiger partial charge in [0, 0.05) is 23.8 Å². The molecule has 1 saturated heterocycles. The molecule has 0 bridgehead atoms. The number of ketones is 1. The van der Waals surface area contributed by atoms with Gasteiger partial charge in [0.1, 0.15) is 12.2 Å². The molecule has 3 rings (SSSR count). The first-order chi connectivity index (χ1) is 11.5. The Morgan fingerprint density at radius 3 is 2.52 bits per heavy atom. The molecule has 0 N–H and O–H groups in total. The Morgan fingerprint density at radius 2 is 1.92 bits per heavy atom. The minimum Gasteiger partial charge on any atom is -0.461 e.